The van der Waals surface area contributed by atoms with E-state index in [1.165, 1.54) is 31.2 Å². The molecule has 142 valence electrons. The summed E-state index contributed by atoms with van der Waals surface area (Å²) in [6.07, 6.45) is 6.59. The molecule has 0 aromatic heterocycles. The van der Waals surface area contributed by atoms with Gasteiger partial charge in [0.05, 0.1) is 6.61 Å². The van der Waals surface area contributed by atoms with Crippen molar-refractivity contribution >= 4 is 5.91 Å². The molecule has 2 heterocycles. The van der Waals surface area contributed by atoms with E-state index in [-0.39, 0.29) is 12.0 Å². The van der Waals surface area contributed by atoms with Crippen LogP contribution in [-0.4, -0.2) is 59.7 Å². The van der Waals surface area contributed by atoms with Crippen molar-refractivity contribution in [3.8, 4) is 5.75 Å². The normalized spacial score (nSPS) is 27.1. The molecule has 0 radical (unpaired) electrons. The Morgan fingerprint density at radius 2 is 2.04 bits per heavy atom. The van der Waals surface area contributed by atoms with E-state index in [0.717, 1.165) is 44.8 Å². The molecule has 3 fully saturated rings. The molecule has 0 bridgehead atoms. The monoisotopic (exact) mass is 358 g/mol. The first kappa shape index (κ1) is 17.8. The third kappa shape index (κ3) is 3.89. The molecule has 5 heteroatoms. The summed E-state index contributed by atoms with van der Waals surface area (Å²) >= 11 is 0. The van der Waals surface area contributed by atoms with Gasteiger partial charge in [-0.25, -0.2) is 0 Å². The van der Waals surface area contributed by atoms with Crippen molar-refractivity contribution in [1.82, 2.24) is 9.80 Å². The van der Waals surface area contributed by atoms with Crippen LogP contribution in [0.4, 0.5) is 0 Å². The first-order valence-electron chi connectivity index (χ1n) is 10.0. The molecule has 1 N–H and O–H groups in total. The Morgan fingerprint density at radius 3 is 2.85 bits per heavy atom. The molecule has 4 rings (SSSR count). The summed E-state index contributed by atoms with van der Waals surface area (Å²) in [5.74, 6) is 1.25. The van der Waals surface area contributed by atoms with E-state index in [0.29, 0.717) is 18.6 Å². The van der Waals surface area contributed by atoms with Crippen molar-refractivity contribution in [2.45, 2.75) is 51.1 Å². The van der Waals surface area contributed by atoms with E-state index in [2.05, 4.69) is 21.9 Å². The fraction of sp³-hybridized carbons (Fsp3) is 0.667. The maximum absolute atomic E-state index is 12.3. The second kappa shape index (κ2) is 7.57. The molecule has 1 spiro atoms. The van der Waals surface area contributed by atoms with E-state index in [1.54, 1.807) is 0 Å². The molecule has 5 nitrogen and oxygen atoms in total. The first-order valence-corrected chi connectivity index (χ1v) is 10.0. The third-order valence-electron chi connectivity index (χ3n) is 6.14. The van der Waals surface area contributed by atoms with Crippen molar-refractivity contribution < 1.29 is 14.6 Å². The smallest absolute Gasteiger partial charge is 0.222 e. The van der Waals surface area contributed by atoms with Crippen LogP contribution < -0.4 is 4.74 Å². The molecule has 1 aromatic rings. The second-order valence-corrected chi connectivity index (χ2v) is 8.25. The minimum absolute atomic E-state index is 0.0339. The Balaban J connectivity index is 1.43. The highest BCUT2D eigenvalue weighted by molar-refractivity contribution is 5.78. The van der Waals surface area contributed by atoms with E-state index >= 15 is 0 Å². The summed E-state index contributed by atoms with van der Waals surface area (Å²) in [6, 6.07) is 8.67. The number of likely N-dealkylation sites (tertiary alicyclic amines) is 2. The van der Waals surface area contributed by atoms with Gasteiger partial charge < -0.3 is 14.7 Å². The highest BCUT2D eigenvalue weighted by atomic mass is 16.5. The molecular formula is C21H30N2O3. The minimum Gasteiger partial charge on any atom is -0.491 e. The van der Waals surface area contributed by atoms with Crippen molar-refractivity contribution in [2.75, 3.05) is 32.8 Å². The van der Waals surface area contributed by atoms with Crippen LogP contribution in [-0.2, 0) is 11.3 Å². The number of para-hydroxylation sites is 1. The van der Waals surface area contributed by atoms with E-state index in [4.69, 9.17) is 9.84 Å². The number of ether oxygens (including phenoxy) is 1. The van der Waals surface area contributed by atoms with Crippen molar-refractivity contribution in [3.63, 3.8) is 0 Å². The van der Waals surface area contributed by atoms with Crippen LogP contribution in [0, 0.1) is 5.41 Å². The standard InChI is InChI=1S/C21H30N2O3/c24-12-13-26-19-5-2-1-4-17(19)14-22-11-3-9-21(15-22)10-8-20(25)23(16-21)18-6-7-18/h1-2,4-5,18,24H,3,6-16H2. The Kier molecular flexibility index (Phi) is 5.18. The molecule has 1 atom stereocenters. The average Bonchev–Trinajstić information content (AvgIpc) is 3.49. The SMILES string of the molecule is O=C1CCC2(CCCN(Cc3ccccc3OCCO)C2)CN1C1CC1. The van der Waals surface area contributed by atoms with Crippen LogP contribution in [0.5, 0.6) is 5.75 Å². The highest BCUT2D eigenvalue weighted by Crippen LogP contribution is 2.42. The van der Waals surface area contributed by atoms with Crippen LogP contribution in [0.1, 0.15) is 44.1 Å². The Bertz CT molecular complexity index is 646. The van der Waals surface area contributed by atoms with Crippen LogP contribution >= 0.6 is 0 Å². The largest absolute Gasteiger partial charge is 0.491 e. The number of nitrogens with zero attached hydrogens (tertiary/aromatic N) is 2. The summed E-state index contributed by atoms with van der Waals surface area (Å²) in [7, 11) is 0. The minimum atomic E-state index is 0.0339. The summed E-state index contributed by atoms with van der Waals surface area (Å²) in [4.78, 5) is 17.0. The summed E-state index contributed by atoms with van der Waals surface area (Å²) in [5.41, 5.74) is 1.46. The lowest BCUT2D eigenvalue weighted by atomic mass is 9.73. The number of rotatable bonds is 6. The van der Waals surface area contributed by atoms with Crippen LogP contribution in [0.15, 0.2) is 24.3 Å². The van der Waals surface area contributed by atoms with Crippen LogP contribution in [0.2, 0.25) is 0 Å². The van der Waals surface area contributed by atoms with Gasteiger partial charge in [0.2, 0.25) is 5.91 Å². The second-order valence-electron chi connectivity index (χ2n) is 8.25. The predicted molar refractivity (Wildman–Crippen MR) is 99.9 cm³/mol. The first-order chi connectivity index (χ1) is 12.7. The number of piperidine rings is 2. The van der Waals surface area contributed by atoms with E-state index in [9.17, 15) is 4.79 Å². The van der Waals surface area contributed by atoms with Gasteiger partial charge in [-0.2, -0.15) is 0 Å². The molecule has 2 saturated heterocycles. The van der Waals surface area contributed by atoms with E-state index in [1.807, 2.05) is 12.1 Å². The van der Waals surface area contributed by atoms with Gasteiger partial charge in [0.25, 0.3) is 0 Å². The van der Waals surface area contributed by atoms with Crippen LogP contribution in [0.25, 0.3) is 0 Å². The topological polar surface area (TPSA) is 53.0 Å². The lowest BCUT2D eigenvalue weighted by molar-refractivity contribution is -0.140. The molecule has 1 saturated carbocycles. The Hall–Kier alpha value is -1.59. The lowest BCUT2D eigenvalue weighted by Crippen LogP contribution is -2.54. The molecule has 3 aliphatic rings. The van der Waals surface area contributed by atoms with Gasteiger partial charge in [-0.15, -0.1) is 0 Å². The highest BCUT2D eigenvalue weighted by Gasteiger charge is 2.45. The quantitative estimate of drug-likeness (QED) is 0.849. The number of aliphatic hydroxyl groups is 1. The Labute approximate surface area is 155 Å². The number of hydrogen-bond acceptors (Lipinski definition) is 4. The van der Waals surface area contributed by atoms with Crippen molar-refractivity contribution in [2.24, 2.45) is 5.41 Å². The molecule has 1 amide bonds. The van der Waals surface area contributed by atoms with Gasteiger partial charge in [-0.1, -0.05) is 18.2 Å². The van der Waals surface area contributed by atoms with Gasteiger partial charge in [-0.3, -0.25) is 9.69 Å². The van der Waals surface area contributed by atoms with E-state index < -0.39 is 0 Å². The predicted octanol–water partition coefficient (Wildman–Crippen LogP) is 2.42. The van der Waals surface area contributed by atoms with Gasteiger partial charge in [-0.05, 0) is 44.7 Å². The maximum Gasteiger partial charge on any atom is 0.222 e. The van der Waals surface area contributed by atoms with Gasteiger partial charge in [0.15, 0.2) is 0 Å². The third-order valence-corrected chi connectivity index (χ3v) is 6.14. The molecule has 1 aliphatic carbocycles. The zero-order valence-corrected chi connectivity index (χ0v) is 15.5. The fourth-order valence-corrected chi connectivity index (χ4v) is 4.71. The molecule has 26 heavy (non-hydrogen) atoms. The fourth-order valence-electron chi connectivity index (χ4n) is 4.71. The zero-order valence-electron chi connectivity index (χ0n) is 15.5. The number of hydrogen-bond donors (Lipinski definition) is 1. The Morgan fingerprint density at radius 1 is 1.19 bits per heavy atom. The summed E-state index contributed by atoms with van der Waals surface area (Å²) < 4.78 is 5.71. The average molecular weight is 358 g/mol. The summed E-state index contributed by atoms with van der Waals surface area (Å²) in [5, 5.41) is 9.03. The molecule has 1 aromatic carbocycles. The van der Waals surface area contributed by atoms with Gasteiger partial charge >= 0.3 is 0 Å². The summed E-state index contributed by atoms with van der Waals surface area (Å²) in [6.45, 7) is 4.37. The molecular weight excluding hydrogens is 328 g/mol. The van der Waals surface area contributed by atoms with Crippen molar-refractivity contribution in [3.05, 3.63) is 29.8 Å². The zero-order chi connectivity index (χ0) is 18.0. The number of aliphatic hydroxyl groups excluding tert-OH is 1. The number of carbonyl (C=O) groups is 1. The number of benzene rings is 1. The van der Waals surface area contributed by atoms with Crippen LogP contribution in [0.3, 0.4) is 0 Å². The lowest BCUT2D eigenvalue weighted by Gasteiger charge is -2.48. The van der Waals surface area contributed by atoms with Crippen molar-refractivity contribution in [1.29, 1.82) is 0 Å². The molecule has 1 unspecified atom stereocenters. The van der Waals surface area contributed by atoms with Gasteiger partial charge in [0, 0.05) is 43.1 Å². The number of carbonyl (C=O) groups excluding carboxylic acids is 1. The molecule has 2 aliphatic heterocycles. The maximum atomic E-state index is 12.3. The number of amides is 1. The van der Waals surface area contributed by atoms with Gasteiger partial charge in [0.1, 0.15) is 12.4 Å².